The highest BCUT2D eigenvalue weighted by Crippen LogP contribution is 2.06. The SMILES string of the molecule is Cc1ccc(Cc2nnn(CC(=O)N[C@H](C)C(C)C)n2)cc1. The molecule has 0 aliphatic carbocycles. The van der Waals surface area contributed by atoms with Crippen molar-refractivity contribution in [2.24, 2.45) is 5.92 Å². The van der Waals surface area contributed by atoms with Crippen molar-refractivity contribution in [3.05, 3.63) is 41.2 Å². The first-order chi connectivity index (χ1) is 10.4. The molecule has 0 fully saturated rings. The Bertz CT molecular complexity index is 618. The second-order valence-electron chi connectivity index (χ2n) is 6.00. The van der Waals surface area contributed by atoms with Gasteiger partial charge in [-0.05, 0) is 30.5 Å². The predicted molar refractivity (Wildman–Crippen MR) is 84.2 cm³/mol. The summed E-state index contributed by atoms with van der Waals surface area (Å²) in [5.41, 5.74) is 2.35. The van der Waals surface area contributed by atoms with Crippen LogP contribution in [0.15, 0.2) is 24.3 Å². The lowest BCUT2D eigenvalue weighted by Crippen LogP contribution is -2.38. The third-order valence-electron chi connectivity index (χ3n) is 3.65. The van der Waals surface area contributed by atoms with Crippen LogP contribution in [-0.4, -0.2) is 32.2 Å². The number of rotatable bonds is 6. The lowest BCUT2D eigenvalue weighted by atomic mass is 10.1. The molecular formula is C16H23N5O. The number of benzene rings is 1. The largest absolute Gasteiger partial charge is 0.352 e. The van der Waals surface area contributed by atoms with Gasteiger partial charge in [0.25, 0.3) is 0 Å². The third kappa shape index (κ3) is 4.65. The molecule has 0 spiro atoms. The molecule has 118 valence electrons. The second kappa shape index (κ2) is 7.15. The number of tetrazole rings is 1. The summed E-state index contributed by atoms with van der Waals surface area (Å²) in [4.78, 5) is 13.2. The molecule has 1 atom stereocenters. The van der Waals surface area contributed by atoms with Crippen LogP contribution < -0.4 is 5.32 Å². The van der Waals surface area contributed by atoms with E-state index in [9.17, 15) is 4.79 Å². The van der Waals surface area contributed by atoms with Crippen molar-refractivity contribution < 1.29 is 4.79 Å². The van der Waals surface area contributed by atoms with E-state index in [1.54, 1.807) is 0 Å². The molecule has 6 nitrogen and oxygen atoms in total. The molecular weight excluding hydrogens is 278 g/mol. The molecule has 0 bridgehead atoms. The summed E-state index contributed by atoms with van der Waals surface area (Å²) in [5.74, 6) is 0.916. The zero-order valence-corrected chi connectivity index (χ0v) is 13.6. The van der Waals surface area contributed by atoms with Gasteiger partial charge in [0.1, 0.15) is 6.54 Å². The lowest BCUT2D eigenvalue weighted by molar-refractivity contribution is -0.123. The van der Waals surface area contributed by atoms with Crippen molar-refractivity contribution in [1.82, 2.24) is 25.5 Å². The second-order valence-corrected chi connectivity index (χ2v) is 6.00. The minimum Gasteiger partial charge on any atom is -0.352 e. The minimum atomic E-state index is -0.0968. The van der Waals surface area contributed by atoms with E-state index in [1.807, 2.05) is 19.1 Å². The lowest BCUT2D eigenvalue weighted by Gasteiger charge is -2.16. The van der Waals surface area contributed by atoms with Crippen LogP contribution in [0.25, 0.3) is 0 Å². The van der Waals surface area contributed by atoms with Gasteiger partial charge in [-0.15, -0.1) is 10.2 Å². The summed E-state index contributed by atoms with van der Waals surface area (Å²) >= 11 is 0. The van der Waals surface area contributed by atoms with Gasteiger partial charge in [0, 0.05) is 12.5 Å². The van der Waals surface area contributed by atoms with Gasteiger partial charge in [-0.3, -0.25) is 4.79 Å². The highest BCUT2D eigenvalue weighted by Gasteiger charge is 2.13. The quantitative estimate of drug-likeness (QED) is 0.882. The Kier molecular flexibility index (Phi) is 5.25. The molecule has 0 unspecified atom stereocenters. The molecule has 1 amide bonds. The molecule has 6 heteroatoms. The molecule has 0 radical (unpaired) electrons. The van der Waals surface area contributed by atoms with Crippen LogP contribution in [0.4, 0.5) is 0 Å². The fourth-order valence-electron chi connectivity index (χ4n) is 1.90. The van der Waals surface area contributed by atoms with Gasteiger partial charge >= 0.3 is 0 Å². The summed E-state index contributed by atoms with van der Waals surface area (Å²) in [6.07, 6.45) is 0.615. The van der Waals surface area contributed by atoms with E-state index in [-0.39, 0.29) is 18.5 Å². The molecule has 1 N–H and O–H groups in total. The number of aromatic nitrogens is 4. The van der Waals surface area contributed by atoms with E-state index in [0.717, 1.165) is 5.56 Å². The van der Waals surface area contributed by atoms with Gasteiger partial charge in [-0.25, -0.2) is 0 Å². The Hall–Kier alpha value is -2.24. The number of nitrogens with one attached hydrogen (secondary N) is 1. The van der Waals surface area contributed by atoms with Crippen LogP contribution in [0.1, 0.15) is 37.7 Å². The van der Waals surface area contributed by atoms with Gasteiger partial charge in [-0.1, -0.05) is 43.7 Å². The standard InChI is InChI=1S/C16H23N5O/c1-11(2)13(4)17-16(22)10-21-19-15(18-20-21)9-14-7-5-12(3)6-8-14/h5-8,11,13H,9-10H2,1-4H3,(H,17,22)/t13-/m1/s1. The number of carbonyl (C=O) groups is 1. The van der Waals surface area contributed by atoms with Gasteiger partial charge in [0.05, 0.1) is 0 Å². The van der Waals surface area contributed by atoms with Crippen LogP contribution in [-0.2, 0) is 17.8 Å². The summed E-state index contributed by atoms with van der Waals surface area (Å²) < 4.78 is 0. The normalized spacial score (nSPS) is 12.4. The van der Waals surface area contributed by atoms with E-state index in [1.165, 1.54) is 10.4 Å². The number of nitrogens with zero attached hydrogens (tertiary/aromatic N) is 4. The molecule has 1 aromatic carbocycles. The predicted octanol–water partition coefficient (Wildman–Crippen LogP) is 1.73. The fraction of sp³-hybridized carbons (Fsp3) is 0.500. The van der Waals surface area contributed by atoms with E-state index in [2.05, 4.69) is 53.6 Å². The summed E-state index contributed by atoms with van der Waals surface area (Å²) in [5, 5.41) is 15.1. The number of hydrogen-bond donors (Lipinski definition) is 1. The van der Waals surface area contributed by atoms with Gasteiger partial charge in [-0.2, -0.15) is 4.80 Å². The smallest absolute Gasteiger partial charge is 0.243 e. The summed E-state index contributed by atoms with van der Waals surface area (Å²) in [6.45, 7) is 8.27. The maximum Gasteiger partial charge on any atom is 0.243 e. The Morgan fingerprint density at radius 1 is 1.23 bits per heavy atom. The maximum atomic E-state index is 11.9. The average Bonchev–Trinajstić information content (AvgIpc) is 2.88. The van der Waals surface area contributed by atoms with Crippen LogP contribution in [0, 0.1) is 12.8 Å². The fourth-order valence-corrected chi connectivity index (χ4v) is 1.90. The van der Waals surface area contributed by atoms with Gasteiger partial charge < -0.3 is 5.32 Å². The number of hydrogen-bond acceptors (Lipinski definition) is 4. The first-order valence-corrected chi connectivity index (χ1v) is 7.55. The Morgan fingerprint density at radius 2 is 1.91 bits per heavy atom. The first-order valence-electron chi connectivity index (χ1n) is 7.55. The zero-order chi connectivity index (χ0) is 16.1. The summed E-state index contributed by atoms with van der Waals surface area (Å²) in [6, 6.07) is 8.34. The first kappa shape index (κ1) is 16.1. The van der Waals surface area contributed by atoms with Crippen molar-refractivity contribution in [2.45, 2.75) is 46.7 Å². The van der Waals surface area contributed by atoms with E-state index in [0.29, 0.717) is 18.2 Å². The molecule has 0 aliphatic rings. The van der Waals surface area contributed by atoms with Gasteiger partial charge in [0.15, 0.2) is 5.82 Å². The van der Waals surface area contributed by atoms with Crippen molar-refractivity contribution in [3.63, 3.8) is 0 Å². The Labute approximate surface area is 130 Å². The van der Waals surface area contributed by atoms with Crippen LogP contribution in [0.5, 0.6) is 0 Å². The molecule has 1 heterocycles. The van der Waals surface area contributed by atoms with Gasteiger partial charge in [0.2, 0.25) is 5.91 Å². The molecule has 0 saturated heterocycles. The maximum absolute atomic E-state index is 11.9. The van der Waals surface area contributed by atoms with E-state index in [4.69, 9.17) is 0 Å². The number of carbonyl (C=O) groups excluding carboxylic acids is 1. The molecule has 1 aromatic heterocycles. The van der Waals surface area contributed by atoms with Crippen molar-refractivity contribution in [2.75, 3.05) is 0 Å². The number of aryl methyl sites for hydroxylation is 1. The van der Waals surface area contributed by atoms with E-state index < -0.39 is 0 Å². The zero-order valence-electron chi connectivity index (χ0n) is 13.6. The molecule has 2 rings (SSSR count). The molecule has 22 heavy (non-hydrogen) atoms. The molecule has 2 aromatic rings. The third-order valence-corrected chi connectivity index (χ3v) is 3.65. The Balaban J connectivity index is 1.91. The van der Waals surface area contributed by atoms with Crippen molar-refractivity contribution in [3.8, 4) is 0 Å². The van der Waals surface area contributed by atoms with E-state index >= 15 is 0 Å². The number of amides is 1. The average molecular weight is 301 g/mol. The highest BCUT2D eigenvalue weighted by atomic mass is 16.2. The molecule has 0 saturated carbocycles. The monoisotopic (exact) mass is 301 g/mol. The minimum absolute atomic E-state index is 0.0952. The van der Waals surface area contributed by atoms with Crippen molar-refractivity contribution in [1.29, 1.82) is 0 Å². The molecule has 0 aliphatic heterocycles. The van der Waals surface area contributed by atoms with Crippen LogP contribution >= 0.6 is 0 Å². The summed E-state index contributed by atoms with van der Waals surface area (Å²) in [7, 11) is 0. The van der Waals surface area contributed by atoms with Crippen LogP contribution in [0.2, 0.25) is 0 Å². The van der Waals surface area contributed by atoms with Crippen molar-refractivity contribution >= 4 is 5.91 Å². The Morgan fingerprint density at radius 3 is 2.55 bits per heavy atom. The highest BCUT2D eigenvalue weighted by molar-refractivity contribution is 5.75. The topological polar surface area (TPSA) is 72.7 Å². The van der Waals surface area contributed by atoms with Crippen LogP contribution in [0.3, 0.4) is 0 Å².